The van der Waals surface area contributed by atoms with Crippen molar-refractivity contribution in [3.63, 3.8) is 0 Å². The summed E-state index contributed by atoms with van der Waals surface area (Å²) in [5.74, 6) is -7.31. The number of methoxy groups -OCH3 is 3. The number of phenols is 2. The topological polar surface area (TPSA) is 271 Å². The van der Waals surface area contributed by atoms with Crippen molar-refractivity contribution in [3.8, 4) is 11.5 Å². The predicted molar refractivity (Wildman–Crippen MR) is 185 cm³/mol. The lowest BCUT2D eigenvalue weighted by molar-refractivity contribution is -0.214. The smallest absolute Gasteiger partial charge is 0.341 e. The lowest BCUT2D eigenvalue weighted by Gasteiger charge is -2.53. The maximum Gasteiger partial charge on any atom is 0.341 e. The van der Waals surface area contributed by atoms with Crippen LogP contribution < -0.4 is 5.32 Å². The number of hydrogen-bond acceptors (Lipinski definition) is 17. The number of ether oxygens (including phenoxy) is 4. The molecule has 0 bridgehead atoms. The first kappa shape index (κ1) is 39.1. The van der Waals surface area contributed by atoms with Crippen molar-refractivity contribution >= 4 is 29.0 Å². The van der Waals surface area contributed by atoms with Crippen molar-refractivity contribution in [2.75, 3.05) is 41.1 Å². The van der Waals surface area contributed by atoms with Gasteiger partial charge >= 0.3 is 5.97 Å². The molecule has 6 rings (SSSR count). The molecule has 3 aliphatic carbocycles. The van der Waals surface area contributed by atoms with E-state index in [0.29, 0.717) is 0 Å². The van der Waals surface area contributed by atoms with Gasteiger partial charge in [-0.25, -0.2) is 4.79 Å². The van der Waals surface area contributed by atoms with E-state index >= 15 is 0 Å². The van der Waals surface area contributed by atoms with E-state index in [9.17, 15) is 54.9 Å². The van der Waals surface area contributed by atoms with Crippen molar-refractivity contribution in [1.82, 2.24) is 5.32 Å². The fourth-order valence-electron chi connectivity index (χ4n) is 8.30. The van der Waals surface area contributed by atoms with E-state index in [4.69, 9.17) is 18.9 Å². The summed E-state index contributed by atoms with van der Waals surface area (Å²) in [5, 5.41) is 81.0. The molecule has 1 saturated heterocycles. The Morgan fingerprint density at radius 3 is 2.35 bits per heavy atom. The number of Topliss-reactive ketones (excluding diaryl/α,β-unsaturated/α-hetero) is 3. The summed E-state index contributed by atoms with van der Waals surface area (Å²) in [6, 6.07) is 2.32. The lowest BCUT2D eigenvalue weighted by atomic mass is 9.56. The van der Waals surface area contributed by atoms with Gasteiger partial charge in [0.2, 0.25) is 17.3 Å². The molecule has 17 nitrogen and oxygen atoms in total. The van der Waals surface area contributed by atoms with E-state index in [0.717, 1.165) is 20.3 Å². The summed E-state index contributed by atoms with van der Waals surface area (Å²) < 4.78 is 21.7. The number of phenolic OH excluding ortho intramolecular Hbond substituents is 2. The summed E-state index contributed by atoms with van der Waals surface area (Å²) in [6.07, 6.45) is -4.87. The van der Waals surface area contributed by atoms with Crippen LogP contribution in [-0.4, -0.2) is 142 Å². The number of nitrogens with one attached hydrogen (secondary N) is 1. The number of hydrogen-bond donors (Lipinski definition) is 8. The second-order valence-electron chi connectivity index (χ2n) is 13.7. The Kier molecular flexibility index (Phi) is 10.3. The molecule has 290 valence electrons. The average Bonchev–Trinajstić information content (AvgIpc) is 3.12. The van der Waals surface area contributed by atoms with Crippen LogP contribution in [0.25, 0.3) is 0 Å². The number of aryl methyl sites for hydroxylation is 1. The molecule has 0 radical (unpaired) electrons. The number of ketones is 3. The molecule has 8 atom stereocenters. The second-order valence-corrected chi connectivity index (χ2v) is 13.7. The minimum absolute atomic E-state index is 0.00829. The predicted octanol–water partition coefficient (Wildman–Crippen LogP) is -0.668. The van der Waals surface area contributed by atoms with Gasteiger partial charge in [0, 0.05) is 50.5 Å². The fraction of sp³-hybridized carbons (Fsp3) is 0.486. The second kappa shape index (κ2) is 14.2. The molecule has 54 heavy (non-hydrogen) atoms. The SMILES string of the molecule is COC(=O)c1c(C)cc2c(c1O)[C@]1(O)C(=O)c3cc4c(c(O)c3C(=O)[C@]1(OC)[C@H](O)C2)/C(=N/CCCO)C=C(N[C@H]1O[C@@H](C)[C@H](OC)[C@@H](O)[C@H]1CO)C4=O. The van der Waals surface area contributed by atoms with Gasteiger partial charge in [0.25, 0.3) is 0 Å². The minimum atomic E-state index is -3.22. The fourth-order valence-corrected chi connectivity index (χ4v) is 8.30. The Morgan fingerprint density at radius 1 is 1.04 bits per heavy atom. The third-order valence-electron chi connectivity index (χ3n) is 10.9. The summed E-state index contributed by atoms with van der Waals surface area (Å²) in [6.45, 7) is 2.22. The van der Waals surface area contributed by atoms with Gasteiger partial charge in [-0.15, -0.1) is 0 Å². The van der Waals surface area contributed by atoms with Crippen LogP contribution in [0.3, 0.4) is 0 Å². The molecule has 1 heterocycles. The number of carbonyl (C=O) groups is 4. The molecule has 4 aliphatic rings. The molecule has 1 fully saturated rings. The van der Waals surface area contributed by atoms with Crippen LogP contribution in [0.2, 0.25) is 0 Å². The molecule has 0 unspecified atom stereocenters. The van der Waals surface area contributed by atoms with Gasteiger partial charge in [0.1, 0.15) is 29.4 Å². The molecular weight excluding hydrogens is 712 g/mol. The number of carbonyl (C=O) groups excluding carboxylic acids is 4. The zero-order chi connectivity index (χ0) is 39.6. The van der Waals surface area contributed by atoms with Gasteiger partial charge in [0.05, 0.1) is 60.5 Å². The highest BCUT2D eigenvalue weighted by Gasteiger charge is 2.72. The number of benzene rings is 2. The first-order chi connectivity index (χ1) is 25.6. The number of aliphatic imine (C=N–C) groups is 1. The molecule has 0 aromatic heterocycles. The van der Waals surface area contributed by atoms with Crippen molar-refractivity contribution in [2.45, 2.75) is 68.5 Å². The van der Waals surface area contributed by atoms with Crippen LogP contribution in [0, 0.1) is 12.8 Å². The third-order valence-corrected chi connectivity index (χ3v) is 10.9. The van der Waals surface area contributed by atoms with Crippen molar-refractivity contribution in [3.05, 3.63) is 68.4 Å². The molecular formula is C37H42N2O15. The van der Waals surface area contributed by atoms with Crippen LogP contribution in [0.15, 0.2) is 28.9 Å². The number of esters is 1. The van der Waals surface area contributed by atoms with Crippen molar-refractivity contribution in [1.29, 1.82) is 0 Å². The Hall–Kier alpha value is -4.59. The van der Waals surface area contributed by atoms with Gasteiger partial charge in [-0.2, -0.15) is 0 Å². The quantitative estimate of drug-likeness (QED) is 0.117. The van der Waals surface area contributed by atoms with Crippen molar-refractivity contribution in [2.24, 2.45) is 10.9 Å². The number of nitrogens with zero attached hydrogens (tertiary/aromatic N) is 1. The summed E-state index contributed by atoms with van der Waals surface area (Å²) >= 11 is 0. The molecule has 17 heteroatoms. The molecule has 1 aliphatic heterocycles. The first-order valence-electron chi connectivity index (χ1n) is 17.2. The van der Waals surface area contributed by atoms with E-state index in [1.54, 1.807) is 6.92 Å². The molecule has 2 aromatic rings. The summed E-state index contributed by atoms with van der Waals surface area (Å²) in [5.41, 5.74) is -9.26. The minimum Gasteiger partial charge on any atom is -0.507 e. The van der Waals surface area contributed by atoms with Crippen molar-refractivity contribution < 1.29 is 73.9 Å². The van der Waals surface area contributed by atoms with E-state index in [1.807, 2.05) is 0 Å². The number of fused-ring (bicyclic) bond motifs is 5. The first-order valence-corrected chi connectivity index (χ1v) is 17.2. The van der Waals surface area contributed by atoms with Crippen LogP contribution in [0.1, 0.15) is 77.0 Å². The number of rotatable bonds is 9. The van der Waals surface area contributed by atoms with Crippen LogP contribution in [-0.2, 0) is 31.0 Å². The van der Waals surface area contributed by atoms with Gasteiger partial charge in [-0.1, -0.05) is 6.07 Å². The Labute approximate surface area is 308 Å². The summed E-state index contributed by atoms with van der Waals surface area (Å²) in [4.78, 5) is 61.0. The van der Waals surface area contributed by atoms with Crippen LogP contribution in [0.4, 0.5) is 0 Å². The van der Waals surface area contributed by atoms with E-state index in [-0.39, 0.29) is 53.2 Å². The number of aromatic hydroxyl groups is 2. The number of allylic oxidation sites excluding steroid dienone is 2. The zero-order valence-corrected chi connectivity index (χ0v) is 30.1. The Morgan fingerprint density at radius 2 is 1.74 bits per heavy atom. The third kappa shape index (κ3) is 5.33. The van der Waals surface area contributed by atoms with Gasteiger partial charge in [-0.05, 0) is 43.5 Å². The maximum absolute atomic E-state index is 14.8. The molecule has 0 spiro atoms. The highest BCUT2D eigenvalue weighted by atomic mass is 16.6. The molecule has 2 aromatic carbocycles. The monoisotopic (exact) mass is 754 g/mol. The van der Waals surface area contributed by atoms with Gasteiger partial charge in [-0.3, -0.25) is 19.4 Å². The summed E-state index contributed by atoms with van der Waals surface area (Å²) in [7, 11) is 3.37. The molecule has 8 N–H and O–H groups in total. The van der Waals surface area contributed by atoms with E-state index < -0.39 is 118 Å². The van der Waals surface area contributed by atoms with E-state index in [2.05, 4.69) is 10.3 Å². The standard InChI is InChI=1S/C37H42N2O15/c1-14-9-16-10-22(42)37(53-5)33(48)25-18(32(47)36(37,50)26(16)30(46)23(14)35(49)52-4)11-17-24(29(25)45)20(38-7-6-8-40)12-21(27(17)43)39-34-19(13-41)28(44)31(51-3)15(2)54-34/h9,11-12,15,19,22,28,31,34,39-42,44-46,50H,6-8,10,13H2,1-5H3/b38-20+/t15-,19+,22+,28-,31-,34-,36-,37+/m0/s1. The van der Waals surface area contributed by atoms with E-state index in [1.165, 1.54) is 26.2 Å². The van der Waals surface area contributed by atoms with Crippen LogP contribution in [0.5, 0.6) is 11.5 Å². The van der Waals surface area contributed by atoms with Gasteiger partial charge in [0.15, 0.2) is 11.2 Å². The molecule has 0 amide bonds. The number of aliphatic hydroxyl groups excluding tert-OH is 4. The van der Waals surface area contributed by atoms with Crippen LogP contribution >= 0.6 is 0 Å². The highest BCUT2D eigenvalue weighted by molar-refractivity contribution is 6.31. The zero-order valence-electron chi connectivity index (χ0n) is 30.1. The lowest BCUT2D eigenvalue weighted by Crippen LogP contribution is -2.73. The Balaban J connectivity index is 1.56. The average molecular weight is 755 g/mol. The van der Waals surface area contributed by atoms with Gasteiger partial charge < -0.3 is 60.0 Å². The normalized spacial score (nSPS) is 31.0. The largest absolute Gasteiger partial charge is 0.507 e. The molecule has 0 saturated carbocycles. The Bertz CT molecular complexity index is 2010. The number of aliphatic hydroxyl groups is 5. The maximum atomic E-state index is 14.8. The highest BCUT2D eigenvalue weighted by Crippen LogP contribution is 2.56.